The van der Waals surface area contributed by atoms with Crippen LogP contribution in [0.2, 0.25) is 5.02 Å². The molecular weight excluding hydrogens is 346 g/mol. The Morgan fingerprint density at radius 1 is 1.29 bits per heavy atom. The summed E-state index contributed by atoms with van der Waals surface area (Å²) in [6, 6.07) is 7.22. The van der Waals surface area contributed by atoms with Crippen LogP contribution in [-0.4, -0.2) is 54.2 Å². The number of hydrogen-bond acceptors (Lipinski definition) is 3. The van der Waals surface area contributed by atoms with Crippen LogP contribution < -0.4 is 5.32 Å². The summed E-state index contributed by atoms with van der Waals surface area (Å²) in [6.45, 7) is 4.30. The lowest BCUT2D eigenvalue weighted by atomic mass is 9.94. The minimum atomic E-state index is -0.277. The van der Waals surface area contributed by atoms with Gasteiger partial charge in [0.2, 0.25) is 0 Å². The maximum absolute atomic E-state index is 13.1. The highest BCUT2D eigenvalue weighted by molar-refractivity contribution is 7.80. The predicted molar refractivity (Wildman–Crippen MR) is 97.8 cm³/mol. The van der Waals surface area contributed by atoms with E-state index in [1.54, 1.807) is 0 Å². The molecule has 1 fully saturated rings. The summed E-state index contributed by atoms with van der Waals surface area (Å²) in [5.74, 6) is 0.0256. The van der Waals surface area contributed by atoms with Crippen LogP contribution >= 0.6 is 23.8 Å². The molecule has 0 spiro atoms. The third-order valence-electron chi connectivity index (χ3n) is 4.49. The number of allylic oxidation sites excluding steroid dienone is 1. The Morgan fingerprint density at radius 2 is 1.92 bits per heavy atom. The summed E-state index contributed by atoms with van der Waals surface area (Å²) in [6.07, 6.45) is 0. The summed E-state index contributed by atoms with van der Waals surface area (Å²) in [4.78, 5) is 16.8. The summed E-state index contributed by atoms with van der Waals surface area (Å²) in [5, 5.41) is 4.55. The van der Waals surface area contributed by atoms with E-state index in [9.17, 15) is 4.79 Å². The van der Waals surface area contributed by atoms with Crippen LogP contribution in [0.1, 0.15) is 18.5 Å². The van der Waals surface area contributed by atoms with Gasteiger partial charge in [0.25, 0.3) is 5.91 Å². The summed E-state index contributed by atoms with van der Waals surface area (Å²) in [5.41, 5.74) is 2.55. The number of benzene rings is 1. The first-order chi connectivity index (χ1) is 11.5. The molecule has 1 saturated heterocycles. The number of carbonyl (C=O) groups is 1. The Kier molecular flexibility index (Phi) is 5.08. The molecule has 24 heavy (non-hydrogen) atoms. The Balaban J connectivity index is 2.00. The lowest BCUT2D eigenvalue weighted by Crippen LogP contribution is -2.50. The van der Waals surface area contributed by atoms with Crippen molar-refractivity contribution >= 4 is 34.8 Å². The van der Waals surface area contributed by atoms with Crippen LogP contribution in [0.4, 0.5) is 0 Å². The van der Waals surface area contributed by atoms with Crippen molar-refractivity contribution in [2.24, 2.45) is 0 Å². The number of nitrogens with one attached hydrogen (secondary N) is 1. The van der Waals surface area contributed by atoms with Crippen LogP contribution in [0, 0.1) is 0 Å². The third-order valence-corrected chi connectivity index (χ3v) is 5.13. The van der Waals surface area contributed by atoms with Crippen molar-refractivity contribution in [3.05, 3.63) is 46.1 Å². The van der Waals surface area contributed by atoms with Gasteiger partial charge < -0.3 is 19.9 Å². The second-order valence-electron chi connectivity index (χ2n) is 5.90. The molecule has 0 saturated carbocycles. The lowest BCUT2D eigenvalue weighted by molar-refractivity contribution is -0.131. The summed E-state index contributed by atoms with van der Waals surface area (Å²) >= 11 is 11.4. The van der Waals surface area contributed by atoms with Crippen LogP contribution in [-0.2, 0) is 9.53 Å². The van der Waals surface area contributed by atoms with Gasteiger partial charge in [-0.3, -0.25) is 4.79 Å². The van der Waals surface area contributed by atoms with Crippen molar-refractivity contribution in [2.75, 3.05) is 33.4 Å². The van der Waals surface area contributed by atoms with Gasteiger partial charge in [-0.2, -0.15) is 0 Å². The molecule has 0 aliphatic carbocycles. The molecule has 1 aromatic rings. The van der Waals surface area contributed by atoms with E-state index in [0.29, 0.717) is 36.4 Å². The first-order valence-electron chi connectivity index (χ1n) is 7.86. The van der Waals surface area contributed by atoms with Crippen molar-refractivity contribution in [1.82, 2.24) is 15.1 Å². The van der Waals surface area contributed by atoms with Crippen molar-refractivity contribution in [3.8, 4) is 0 Å². The van der Waals surface area contributed by atoms with Gasteiger partial charge in [0.05, 0.1) is 24.8 Å². The van der Waals surface area contributed by atoms with Crippen molar-refractivity contribution in [3.63, 3.8) is 0 Å². The van der Waals surface area contributed by atoms with E-state index in [0.717, 1.165) is 16.8 Å². The van der Waals surface area contributed by atoms with Gasteiger partial charge in [-0.15, -0.1) is 0 Å². The fraction of sp³-hybridized carbons (Fsp3) is 0.412. The number of ether oxygens (including phenoxy) is 1. The molecule has 1 aromatic carbocycles. The predicted octanol–water partition coefficient (Wildman–Crippen LogP) is 2.33. The zero-order valence-electron chi connectivity index (χ0n) is 13.7. The van der Waals surface area contributed by atoms with E-state index in [1.165, 1.54) is 0 Å². The smallest absolute Gasteiger partial charge is 0.254 e. The molecule has 2 aliphatic heterocycles. The zero-order chi connectivity index (χ0) is 17.3. The molecule has 7 heteroatoms. The summed E-state index contributed by atoms with van der Waals surface area (Å²) < 4.78 is 5.36. The van der Waals surface area contributed by atoms with Gasteiger partial charge in [0, 0.05) is 30.9 Å². The van der Waals surface area contributed by atoms with Gasteiger partial charge in [-0.25, -0.2) is 0 Å². The van der Waals surface area contributed by atoms with E-state index >= 15 is 0 Å². The van der Waals surface area contributed by atoms with Crippen molar-refractivity contribution < 1.29 is 9.53 Å². The van der Waals surface area contributed by atoms with Crippen molar-refractivity contribution in [2.45, 2.75) is 13.0 Å². The molecule has 0 radical (unpaired) electrons. The molecule has 0 bridgehead atoms. The fourth-order valence-corrected chi connectivity index (χ4v) is 3.34. The van der Waals surface area contributed by atoms with Gasteiger partial charge in [-0.05, 0) is 36.8 Å². The van der Waals surface area contributed by atoms with E-state index in [4.69, 9.17) is 28.6 Å². The standard InChI is InChI=1S/C17H20ClN3O2S/c1-11-14(16(22)21-7-9-23-10-8-21)15(19-17(24)20(11)2)12-3-5-13(18)6-4-12/h3-6,15H,7-10H2,1-2H3,(H,19,24). The van der Waals surface area contributed by atoms with E-state index in [-0.39, 0.29) is 11.9 Å². The molecule has 2 heterocycles. The molecule has 1 unspecified atom stereocenters. The van der Waals surface area contributed by atoms with Gasteiger partial charge in [0.1, 0.15) is 0 Å². The maximum atomic E-state index is 13.1. The Hall–Kier alpha value is -1.63. The molecule has 0 aromatic heterocycles. The van der Waals surface area contributed by atoms with Gasteiger partial charge in [0.15, 0.2) is 5.11 Å². The van der Waals surface area contributed by atoms with E-state index < -0.39 is 0 Å². The fourth-order valence-electron chi connectivity index (χ4n) is 2.95. The molecule has 1 N–H and O–H groups in total. The Morgan fingerprint density at radius 3 is 2.54 bits per heavy atom. The highest BCUT2D eigenvalue weighted by Gasteiger charge is 2.35. The van der Waals surface area contributed by atoms with E-state index in [1.807, 2.05) is 48.0 Å². The molecule has 3 rings (SSSR count). The zero-order valence-corrected chi connectivity index (χ0v) is 15.3. The first kappa shape index (κ1) is 17.2. The SMILES string of the molecule is CC1=C(C(=O)N2CCOCC2)C(c2ccc(Cl)cc2)NC(=S)N1C. The number of thiocarbonyl (C=S) groups is 1. The Bertz CT molecular complexity index is 684. The number of morpholine rings is 1. The molecule has 1 atom stereocenters. The largest absolute Gasteiger partial charge is 0.378 e. The number of nitrogens with zero attached hydrogens (tertiary/aromatic N) is 2. The second-order valence-corrected chi connectivity index (χ2v) is 6.72. The second kappa shape index (κ2) is 7.09. The van der Waals surface area contributed by atoms with E-state index in [2.05, 4.69) is 5.32 Å². The number of amides is 1. The minimum absolute atomic E-state index is 0.0256. The number of rotatable bonds is 2. The quantitative estimate of drug-likeness (QED) is 0.815. The minimum Gasteiger partial charge on any atom is -0.378 e. The average molecular weight is 366 g/mol. The topological polar surface area (TPSA) is 44.8 Å². The monoisotopic (exact) mass is 365 g/mol. The number of carbonyl (C=O) groups excluding carboxylic acids is 1. The van der Waals surface area contributed by atoms with Crippen molar-refractivity contribution in [1.29, 1.82) is 0 Å². The third kappa shape index (κ3) is 3.27. The highest BCUT2D eigenvalue weighted by atomic mass is 35.5. The van der Waals surface area contributed by atoms with Crippen LogP contribution in [0.15, 0.2) is 35.5 Å². The molecule has 1 amide bonds. The molecule has 5 nitrogen and oxygen atoms in total. The maximum Gasteiger partial charge on any atom is 0.254 e. The van der Waals surface area contributed by atoms with Crippen LogP contribution in [0.3, 0.4) is 0 Å². The normalized spacial score (nSPS) is 21.8. The summed E-state index contributed by atoms with van der Waals surface area (Å²) in [7, 11) is 1.87. The molecular formula is C17H20ClN3O2S. The van der Waals surface area contributed by atoms with Crippen LogP contribution in [0.25, 0.3) is 0 Å². The van der Waals surface area contributed by atoms with Crippen LogP contribution in [0.5, 0.6) is 0 Å². The highest BCUT2D eigenvalue weighted by Crippen LogP contribution is 2.32. The van der Waals surface area contributed by atoms with Gasteiger partial charge in [-0.1, -0.05) is 23.7 Å². The molecule has 128 valence electrons. The molecule has 2 aliphatic rings. The van der Waals surface area contributed by atoms with Gasteiger partial charge >= 0.3 is 0 Å². The lowest BCUT2D eigenvalue weighted by Gasteiger charge is -2.38. The average Bonchev–Trinajstić information content (AvgIpc) is 2.60. The first-order valence-corrected chi connectivity index (χ1v) is 8.65. The number of halogens is 1. The number of hydrogen-bond donors (Lipinski definition) is 1. The Labute approximate surface area is 152 Å².